The van der Waals surface area contributed by atoms with E-state index in [1.54, 1.807) is 0 Å². The van der Waals surface area contributed by atoms with Crippen LogP contribution in [-0.2, 0) is 6.42 Å². The molecule has 0 amide bonds. The topological polar surface area (TPSA) is 32.3 Å². The average Bonchev–Trinajstić information content (AvgIpc) is 2.59. The van der Waals surface area contributed by atoms with Crippen LogP contribution in [0, 0.1) is 6.92 Å². The molecule has 0 bridgehead atoms. The van der Waals surface area contributed by atoms with Gasteiger partial charge in [0.2, 0.25) is 0 Å². The fourth-order valence-corrected chi connectivity index (χ4v) is 2.57. The fourth-order valence-electron chi connectivity index (χ4n) is 1.55. The third-order valence-electron chi connectivity index (χ3n) is 2.38. The highest BCUT2D eigenvalue weighted by atomic mass is 32.1. The molecule has 0 spiro atoms. The van der Waals surface area contributed by atoms with Crippen molar-refractivity contribution in [2.24, 2.45) is 0 Å². The first-order valence-corrected chi connectivity index (χ1v) is 6.43. The summed E-state index contributed by atoms with van der Waals surface area (Å²) in [7, 11) is 0. The molecule has 3 heteroatoms. The Morgan fingerprint density at radius 3 is 2.80 bits per heavy atom. The number of aryl methyl sites for hydroxylation is 1. The first-order valence-electron chi connectivity index (χ1n) is 5.62. The third-order valence-corrected chi connectivity index (χ3v) is 3.40. The van der Waals surface area contributed by atoms with Crippen LogP contribution in [0.3, 0.4) is 0 Å². The molecule has 0 saturated heterocycles. The number of unbranched alkanes of at least 4 members (excludes halogenated alkanes) is 1. The Labute approximate surface area is 96.3 Å². The Balaban J connectivity index is 2.15. The minimum absolute atomic E-state index is 0.306. The van der Waals surface area contributed by atoms with Crippen molar-refractivity contribution in [1.29, 1.82) is 0 Å². The summed E-state index contributed by atoms with van der Waals surface area (Å²) >= 11 is 1.88. The lowest BCUT2D eigenvalue weighted by molar-refractivity contribution is 0.283. The molecule has 0 saturated carbocycles. The number of aliphatic hydroxyl groups excluding tert-OH is 1. The van der Waals surface area contributed by atoms with Gasteiger partial charge in [-0.3, -0.25) is 0 Å². The molecule has 1 aromatic rings. The number of thiophene rings is 1. The molecular weight excluding hydrogens is 206 g/mol. The van der Waals surface area contributed by atoms with Crippen molar-refractivity contribution < 1.29 is 5.11 Å². The zero-order valence-corrected chi connectivity index (χ0v) is 10.4. The van der Waals surface area contributed by atoms with E-state index in [0.717, 1.165) is 25.8 Å². The van der Waals surface area contributed by atoms with Crippen molar-refractivity contribution in [2.75, 3.05) is 13.2 Å². The van der Waals surface area contributed by atoms with Crippen LogP contribution >= 0.6 is 11.3 Å². The highest BCUT2D eigenvalue weighted by molar-refractivity contribution is 7.11. The van der Waals surface area contributed by atoms with Crippen molar-refractivity contribution in [1.82, 2.24) is 5.32 Å². The SMILES string of the molecule is Cc1ccc(CC(C)NCCCCO)s1. The molecule has 0 aromatic carbocycles. The Kier molecular flexibility index (Phi) is 5.91. The zero-order valence-electron chi connectivity index (χ0n) is 9.62. The summed E-state index contributed by atoms with van der Waals surface area (Å²) in [5.41, 5.74) is 0. The summed E-state index contributed by atoms with van der Waals surface area (Å²) in [6.45, 7) is 5.67. The van der Waals surface area contributed by atoms with E-state index in [4.69, 9.17) is 5.11 Å². The highest BCUT2D eigenvalue weighted by Crippen LogP contribution is 2.16. The van der Waals surface area contributed by atoms with Crippen LogP contribution in [0.5, 0.6) is 0 Å². The van der Waals surface area contributed by atoms with Crippen LogP contribution in [0.4, 0.5) is 0 Å². The number of rotatable bonds is 7. The maximum atomic E-state index is 8.64. The van der Waals surface area contributed by atoms with E-state index in [1.807, 2.05) is 11.3 Å². The Hall–Kier alpha value is -0.380. The van der Waals surface area contributed by atoms with Gasteiger partial charge in [0.15, 0.2) is 0 Å². The molecule has 0 aliphatic heterocycles. The lowest BCUT2D eigenvalue weighted by atomic mass is 10.2. The van der Waals surface area contributed by atoms with Crippen LogP contribution in [0.15, 0.2) is 12.1 Å². The van der Waals surface area contributed by atoms with Gasteiger partial charge < -0.3 is 10.4 Å². The smallest absolute Gasteiger partial charge is 0.0431 e. The molecule has 1 heterocycles. The van der Waals surface area contributed by atoms with E-state index in [2.05, 4.69) is 31.3 Å². The normalized spacial score (nSPS) is 13.0. The van der Waals surface area contributed by atoms with Gasteiger partial charge in [0.1, 0.15) is 0 Å². The molecule has 1 atom stereocenters. The van der Waals surface area contributed by atoms with E-state index in [1.165, 1.54) is 9.75 Å². The molecule has 1 aromatic heterocycles. The summed E-state index contributed by atoms with van der Waals surface area (Å²) in [5.74, 6) is 0. The predicted molar refractivity (Wildman–Crippen MR) is 66.5 cm³/mol. The second-order valence-corrected chi connectivity index (χ2v) is 5.37. The van der Waals surface area contributed by atoms with E-state index < -0.39 is 0 Å². The summed E-state index contributed by atoms with van der Waals surface area (Å²) in [6, 6.07) is 4.92. The number of nitrogens with one attached hydrogen (secondary N) is 1. The van der Waals surface area contributed by atoms with Crippen LogP contribution < -0.4 is 5.32 Å². The van der Waals surface area contributed by atoms with Crippen LogP contribution in [0.1, 0.15) is 29.5 Å². The minimum atomic E-state index is 0.306. The van der Waals surface area contributed by atoms with Crippen molar-refractivity contribution in [2.45, 2.75) is 39.2 Å². The Morgan fingerprint density at radius 1 is 1.40 bits per heavy atom. The molecule has 15 heavy (non-hydrogen) atoms. The van der Waals surface area contributed by atoms with Crippen LogP contribution in [0.2, 0.25) is 0 Å². The molecule has 2 N–H and O–H groups in total. The lowest BCUT2D eigenvalue weighted by Crippen LogP contribution is -2.28. The monoisotopic (exact) mass is 227 g/mol. The molecule has 2 nitrogen and oxygen atoms in total. The Morgan fingerprint density at radius 2 is 2.20 bits per heavy atom. The van der Waals surface area contributed by atoms with Gasteiger partial charge in [0, 0.05) is 22.4 Å². The van der Waals surface area contributed by atoms with Crippen LogP contribution in [-0.4, -0.2) is 24.3 Å². The molecule has 86 valence electrons. The maximum Gasteiger partial charge on any atom is 0.0431 e. The molecular formula is C12H21NOS. The van der Waals surface area contributed by atoms with Crippen molar-refractivity contribution in [3.63, 3.8) is 0 Å². The van der Waals surface area contributed by atoms with Crippen molar-refractivity contribution >= 4 is 11.3 Å². The van der Waals surface area contributed by atoms with Gasteiger partial charge in [0.05, 0.1) is 0 Å². The number of hydrogen-bond donors (Lipinski definition) is 2. The van der Waals surface area contributed by atoms with Gasteiger partial charge in [-0.2, -0.15) is 0 Å². The van der Waals surface area contributed by atoms with Gasteiger partial charge >= 0.3 is 0 Å². The summed E-state index contributed by atoms with van der Waals surface area (Å²) in [4.78, 5) is 2.84. The van der Waals surface area contributed by atoms with Crippen LogP contribution in [0.25, 0.3) is 0 Å². The standard InChI is InChI=1S/C12H21NOS/c1-10(13-7-3-4-8-14)9-12-6-5-11(2)15-12/h5-6,10,13-14H,3-4,7-9H2,1-2H3. The largest absolute Gasteiger partial charge is 0.396 e. The van der Waals surface area contributed by atoms with E-state index in [9.17, 15) is 0 Å². The summed E-state index contributed by atoms with van der Waals surface area (Å²) in [6.07, 6.45) is 3.07. The second kappa shape index (κ2) is 6.99. The number of hydrogen-bond acceptors (Lipinski definition) is 3. The van der Waals surface area contributed by atoms with Gasteiger partial charge in [0.25, 0.3) is 0 Å². The zero-order chi connectivity index (χ0) is 11.1. The minimum Gasteiger partial charge on any atom is -0.396 e. The predicted octanol–water partition coefficient (Wildman–Crippen LogP) is 2.35. The highest BCUT2D eigenvalue weighted by Gasteiger charge is 2.04. The molecule has 0 aliphatic rings. The molecule has 1 rings (SSSR count). The molecule has 0 aliphatic carbocycles. The first kappa shape index (κ1) is 12.7. The first-order chi connectivity index (χ1) is 7.22. The molecule has 0 radical (unpaired) electrons. The summed E-state index contributed by atoms with van der Waals surface area (Å²) < 4.78 is 0. The van der Waals surface area contributed by atoms with Gasteiger partial charge in [-0.1, -0.05) is 0 Å². The van der Waals surface area contributed by atoms with E-state index in [0.29, 0.717) is 12.6 Å². The molecule has 0 fully saturated rings. The Bertz CT molecular complexity index is 272. The number of aliphatic hydroxyl groups is 1. The second-order valence-electron chi connectivity index (χ2n) is 4.00. The van der Waals surface area contributed by atoms with Gasteiger partial charge in [-0.25, -0.2) is 0 Å². The third kappa shape index (κ3) is 5.30. The quantitative estimate of drug-likeness (QED) is 0.701. The lowest BCUT2D eigenvalue weighted by Gasteiger charge is -2.12. The van der Waals surface area contributed by atoms with Crippen molar-refractivity contribution in [3.8, 4) is 0 Å². The summed E-state index contributed by atoms with van der Waals surface area (Å²) in [5, 5.41) is 12.1. The van der Waals surface area contributed by atoms with E-state index >= 15 is 0 Å². The van der Waals surface area contributed by atoms with Crippen molar-refractivity contribution in [3.05, 3.63) is 21.9 Å². The van der Waals surface area contributed by atoms with E-state index in [-0.39, 0.29) is 0 Å². The fraction of sp³-hybridized carbons (Fsp3) is 0.667. The average molecular weight is 227 g/mol. The van der Waals surface area contributed by atoms with Gasteiger partial charge in [-0.15, -0.1) is 11.3 Å². The molecule has 1 unspecified atom stereocenters. The van der Waals surface area contributed by atoms with Gasteiger partial charge in [-0.05, 0) is 51.8 Å². The maximum absolute atomic E-state index is 8.64.